The van der Waals surface area contributed by atoms with Crippen LogP contribution in [0, 0.1) is 6.92 Å². The van der Waals surface area contributed by atoms with Crippen LogP contribution in [0.3, 0.4) is 0 Å². The van der Waals surface area contributed by atoms with Crippen molar-refractivity contribution >= 4 is 11.7 Å². The van der Waals surface area contributed by atoms with Crippen LogP contribution >= 0.6 is 0 Å². The summed E-state index contributed by atoms with van der Waals surface area (Å²) in [5.74, 6) is 0.542. The highest BCUT2D eigenvalue weighted by molar-refractivity contribution is 5.94. The SMILES string of the molecule is CO[C@H]1C[C@@H](C(=O)Nc2cc(C)[nH]n2)N(C)C1. The van der Waals surface area contributed by atoms with Crippen molar-refractivity contribution in [1.29, 1.82) is 0 Å². The van der Waals surface area contributed by atoms with Gasteiger partial charge >= 0.3 is 0 Å². The highest BCUT2D eigenvalue weighted by Gasteiger charge is 2.34. The Kier molecular flexibility index (Phi) is 3.44. The number of aryl methyl sites for hydroxylation is 1. The Bertz CT molecular complexity index is 404. The summed E-state index contributed by atoms with van der Waals surface area (Å²) in [7, 11) is 3.61. The van der Waals surface area contributed by atoms with E-state index in [1.807, 2.05) is 18.9 Å². The highest BCUT2D eigenvalue weighted by atomic mass is 16.5. The molecule has 1 fully saturated rings. The maximum absolute atomic E-state index is 12.0. The Morgan fingerprint density at radius 1 is 1.71 bits per heavy atom. The van der Waals surface area contributed by atoms with Gasteiger partial charge < -0.3 is 10.1 Å². The molecule has 1 aromatic heterocycles. The molecule has 0 unspecified atom stereocenters. The Labute approximate surface area is 100 Å². The summed E-state index contributed by atoms with van der Waals surface area (Å²) < 4.78 is 5.27. The molecule has 0 bridgehead atoms. The zero-order valence-electron chi connectivity index (χ0n) is 10.4. The zero-order chi connectivity index (χ0) is 12.4. The number of amides is 1. The Morgan fingerprint density at radius 2 is 2.47 bits per heavy atom. The van der Waals surface area contributed by atoms with Crippen molar-refractivity contribution in [3.8, 4) is 0 Å². The van der Waals surface area contributed by atoms with E-state index in [2.05, 4.69) is 15.5 Å². The highest BCUT2D eigenvalue weighted by Crippen LogP contribution is 2.19. The summed E-state index contributed by atoms with van der Waals surface area (Å²) in [6.07, 6.45) is 0.860. The largest absolute Gasteiger partial charge is 0.380 e. The lowest BCUT2D eigenvalue weighted by molar-refractivity contribution is -0.120. The van der Waals surface area contributed by atoms with Crippen LogP contribution in [-0.2, 0) is 9.53 Å². The molecule has 0 saturated carbocycles. The van der Waals surface area contributed by atoms with Gasteiger partial charge in [-0.05, 0) is 20.4 Å². The van der Waals surface area contributed by atoms with Crippen molar-refractivity contribution in [2.45, 2.75) is 25.5 Å². The van der Waals surface area contributed by atoms with Gasteiger partial charge in [0.1, 0.15) is 0 Å². The molecular formula is C11H18N4O2. The second-order valence-corrected chi connectivity index (χ2v) is 4.47. The second-order valence-electron chi connectivity index (χ2n) is 4.47. The number of likely N-dealkylation sites (N-methyl/N-ethyl adjacent to an activating group) is 1. The first-order valence-electron chi connectivity index (χ1n) is 5.66. The van der Waals surface area contributed by atoms with Gasteiger partial charge in [0.05, 0.1) is 12.1 Å². The predicted octanol–water partition coefficient (Wildman–Crippen LogP) is 0.376. The summed E-state index contributed by atoms with van der Waals surface area (Å²) >= 11 is 0. The summed E-state index contributed by atoms with van der Waals surface area (Å²) in [5, 5.41) is 9.58. The van der Waals surface area contributed by atoms with Gasteiger partial charge in [0.2, 0.25) is 5.91 Å². The number of hydrogen-bond donors (Lipinski definition) is 2. The Morgan fingerprint density at radius 3 is 3.00 bits per heavy atom. The zero-order valence-corrected chi connectivity index (χ0v) is 10.4. The van der Waals surface area contributed by atoms with Crippen molar-refractivity contribution in [2.24, 2.45) is 0 Å². The topological polar surface area (TPSA) is 70.2 Å². The number of methoxy groups -OCH3 is 1. The molecule has 1 amide bonds. The van der Waals surface area contributed by atoms with Gasteiger partial charge in [0.15, 0.2) is 5.82 Å². The number of rotatable bonds is 3. The molecule has 0 aromatic carbocycles. The molecule has 2 atom stereocenters. The maximum atomic E-state index is 12.0. The molecule has 17 heavy (non-hydrogen) atoms. The lowest BCUT2D eigenvalue weighted by Gasteiger charge is -2.17. The van der Waals surface area contributed by atoms with Gasteiger partial charge in [-0.15, -0.1) is 0 Å². The van der Waals surface area contributed by atoms with E-state index >= 15 is 0 Å². The summed E-state index contributed by atoms with van der Waals surface area (Å²) in [6, 6.07) is 1.66. The normalized spacial score (nSPS) is 25.1. The minimum Gasteiger partial charge on any atom is -0.380 e. The van der Waals surface area contributed by atoms with Crippen molar-refractivity contribution in [1.82, 2.24) is 15.1 Å². The first-order valence-corrected chi connectivity index (χ1v) is 5.66. The molecule has 6 nitrogen and oxygen atoms in total. The van der Waals surface area contributed by atoms with Crippen molar-refractivity contribution in [3.63, 3.8) is 0 Å². The monoisotopic (exact) mass is 238 g/mol. The standard InChI is InChI=1S/C11H18N4O2/c1-7-4-10(14-13-7)12-11(16)9-5-8(17-3)6-15(9)2/h4,8-9H,5-6H2,1-3H3,(H2,12,13,14,16)/t8-,9-/m0/s1. The lowest BCUT2D eigenvalue weighted by Crippen LogP contribution is -2.37. The minimum absolute atomic E-state index is 0.0291. The molecule has 1 aliphatic heterocycles. The first kappa shape index (κ1) is 12.1. The van der Waals surface area contributed by atoms with E-state index in [0.29, 0.717) is 5.82 Å². The van der Waals surface area contributed by atoms with Gasteiger partial charge in [-0.2, -0.15) is 5.10 Å². The molecule has 2 rings (SSSR count). The number of nitrogens with one attached hydrogen (secondary N) is 2. The smallest absolute Gasteiger partial charge is 0.243 e. The van der Waals surface area contributed by atoms with Crippen LogP contribution in [0.4, 0.5) is 5.82 Å². The maximum Gasteiger partial charge on any atom is 0.243 e. The average Bonchev–Trinajstić information content (AvgIpc) is 2.85. The van der Waals surface area contributed by atoms with E-state index in [-0.39, 0.29) is 18.1 Å². The van der Waals surface area contributed by atoms with E-state index in [1.54, 1.807) is 13.2 Å². The molecule has 2 heterocycles. The van der Waals surface area contributed by atoms with Crippen molar-refractivity contribution in [2.75, 3.05) is 26.0 Å². The van der Waals surface area contributed by atoms with Crippen LogP contribution in [0.15, 0.2) is 6.07 Å². The van der Waals surface area contributed by atoms with E-state index in [9.17, 15) is 4.79 Å². The minimum atomic E-state index is -0.142. The molecule has 0 aliphatic carbocycles. The fourth-order valence-corrected chi connectivity index (χ4v) is 2.12. The van der Waals surface area contributed by atoms with Gasteiger partial charge in [-0.3, -0.25) is 14.8 Å². The number of carbonyl (C=O) groups is 1. The van der Waals surface area contributed by atoms with Crippen LogP contribution in [0.25, 0.3) is 0 Å². The molecule has 2 N–H and O–H groups in total. The van der Waals surface area contributed by atoms with Crippen LogP contribution in [0.2, 0.25) is 0 Å². The Balaban J connectivity index is 1.96. The second kappa shape index (κ2) is 4.85. The van der Waals surface area contributed by atoms with E-state index in [0.717, 1.165) is 18.7 Å². The quantitative estimate of drug-likeness (QED) is 0.798. The number of likely N-dealkylation sites (tertiary alicyclic amines) is 1. The van der Waals surface area contributed by atoms with E-state index in [1.165, 1.54) is 0 Å². The first-order chi connectivity index (χ1) is 8.10. The lowest BCUT2D eigenvalue weighted by atomic mass is 10.2. The van der Waals surface area contributed by atoms with Crippen LogP contribution in [-0.4, -0.2) is 53.9 Å². The number of aromatic nitrogens is 2. The number of ether oxygens (including phenoxy) is 1. The summed E-state index contributed by atoms with van der Waals surface area (Å²) in [4.78, 5) is 14.0. The Hall–Kier alpha value is -1.40. The third kappa shape index (κ3) is 2.65. The number of H-pyrrole nitrogens is 1. The van der Waals surface area contributed by atoms with Gasteiger partial charge in [0.25, 0.3) is 0 Å². The molecule has 1 aliphatic rings. The number of anilines is 1. The third-order valence-electron chi connectivity index (χ3n) is 3.10. The molecular weight excluding hydrogens is 220 g/mol. The van der Waals surface area contributed by atoms with Crippen LogP contribution in [0.1, 0.15) is 12.1 Å². The van der Waals surface area contributed by atoms with Gasteiger partial charge in [-0.25, -0.2) is 0 Å². The van der Waals surface area contributed by atoms with Crippen molar-refractivity contribution in [3.05, 3.63) is 11.8 Å². The van der Waals surface area contributed by atoms with Gasteiger partial charge in [-0.1, -0.05) is 0 Å². The summed E-state index contributed by atoms with van der Waals surface area (Å²) in [5.41, 5.74) is 0.926. The molecule has 1 aromatic rings. The van der Waals surface area contributed by atoms with E-state index < -0.39 is 0 Å². The molecule has 94 valence electrons. The fourth-order valence-electron chi connectivity index (χ4n) is 2.12. The van der Waals surface area contributed by atoms with E-state index in [4.69, 9.17) is 4.74 Å². The number of carbonyl (C=O) groups excluding carboxylic acids is 1. The summed E-state index contributed by atoms with van der Waals surface area (Å²) in [6.45, 7) is 2.68. The van der Waals surface area contributed by atoms with Crippen LogP contribution in [0.5, 0.6) is 0 Å². The molecule has 1 saturated heterocycles. The number of aromatic amines is 1. The van der Waals surface area contributed by atoms with Crippen molar-refractivity contribution < 1.29 is 9.53 Å². The molecule has 6 heteroatoms. The van der Waals surface area contributed by atoms with Gasteiger partial charge in [0, 0.05) is 25.4 Å². The third-order valence-corrected chi connectivity index (χ3v) is 3.10. The predicted molar refractivity (Wildman–Crippen MR) is 63.8 cm³/mol. The molecule has 0 spiro atoms. The number of hydrogen-bond acceptors (Lipinski definition) is 4. The average molecular weight is 238 g/mol. The number of nitrogens with zero attached hydrogens (tertiary/aromatic N) is 2. The van der Waals surface area contributed by atoms with Crippen LogP contribution < -0.4 is 5.32 Å². The fraction of sp³-hybridized carbons (Fsp3) is 0.636. The molecule has 0 radical (unpaired) electrons.